The maximum Gasteiger partial charge on any atom is 0.0809 e. The van der Waals surface area contributed by atoms with E-state index in [4.69, 9.17) is 9.47 Å². The van der Waals surface area contributed by atoms with Gasteiger partial charge in [0.2, 0.25) is 0 Å². The van der Waals surface area contributed by atoms with Crippen LogP contribution in [0.1, 0.15) is 38.2 Å². The fraction of sp³-hybridized carbons (Fsp3) is 0.750. The van der Waals surface area contributed by atoms with Crippen molar-refractivity contribution < 1.29 is 9.47 Å². The molecule has 1 aliphatic rings. The molecule has 1 aliphatic heterocycles. The van der Waals surface area contributed by atoms with Crippen molar-refractivity contribution in [3.63, 3.8) is 0 Å². The fourth-order valence-corrected chi connectivity index (χ4v) is 2.51. The normalized spacial score (nSPS) is 18.8. The lowest BCUT2D eigenvalue weighted by atomic mass is 10.2. The average molecular weight is 280 g/mol. The molecule has 0 saturated carbocycles. The molecule has 114 valence electrons. The molecule has 0 aromatic carbocycles. The smallest absolute Gasteiger partial charge is 0.0809 e. The molecule has 1 aromatic heterocycles. The third-order valence-corrected chi connectivity index (χ3v) is 3.59. The zero-order valence-electron chi connectivity index (χ0n) is 12.6. The van der Waals surface area contributed by atoms with E-state index in [0.29, 0.717) is 6.10 Å². The molecule has 4 nitrogen and oxygen atoms in total. The second-order valence-corrected chi connectivity index (χ2v) is 5.50. The van der Waals surface area contributed by atoms with Crippen LogP contribution in [0.3, 0.4) is 0 Å². The molecule has 2 heterocycles. The largest absolute Gasteiger partial charge is 0.379 e. The Hall–Kier alpha value is -0.840. The quantitative estimate of drug-likeness (QED) is 0.669. The van der Waals surface area contributed by atoms with Crippen molar-refractivity contribution >= 4 is 0 Å². The molecule has 1 aromatic rings. The molecular weight excluding hydrogens is 252 g/mol. The summed E-state index contributed by atoms with van der Waals surface area (Å²) in [5, 5.41) is 3.46. The molecule has 4 heteroatoms. The predicted molar refractivity (Wildman–Crippen MR) is 80.8 cm³/mol. The minimum Gasteiger partial charge on any atom is -0.379 e. The van der Waals surface area contributed by atoms with E-state index in [-0.39, 0.29) is 0 Å². The van der Waals surface area contributed by atoms with E-state index >= 15 is 0 Å². The second kappa shape index (κ2) is 9.16. The van der Waals surface area contributed by atoms with Crippen molar-refractivity contribution in [1.29, 1.82) is 0 Å². The number of nitrogens with zero attached hydrogens (tertiary/aromatic N) is 1. The summed E-state index contributed by atoms with van der Waals surface area (Å²) in [5.41, 5.74) is 1.36. The van der Waals surface area contributed by atoms with Gasteiger partial charge in [0.1, 0.15) is 0 Å². The van der Waals surface area contributed by atoms with Gasteiger partial charge in [0.25, 0.3) is 0 Å². The van der Waals surface area contributed by atoms with Crippen LogP contribution >= 0.6 is 0 Å². The van der Waals surface area contributed by atoms with E-state index in [9.17, 15) is 0 Å². The number of nitrogens with one attached hydrogen (secondary N) is 1. The summed E-state index contributed by atoms with van der Waals surface area (Å²) >= 11 is 0. The van der Waals surface area contributed by atoms with Gasteiger partial charge in [-0.25, -0.2) is 0 Å². The van der Waals surface area contributed by atoms with Gasteiger partial charge in [-0.15, -0.1) is 0 Å². The van der Waals surface area contributed by atoms with Gasteiger partial charge in [-0.2, -0.15) is 0 Å². The van der Waals surface area contributed by atoms with Gasteiger partial charge < -0.3 is 19.4 Å². The highest BCUT2D eigenvalue weighted by Gasteiger charge is 2.14. The first-order valence-electron chi connectivity index (χ1n) is 7.93. The summed E-state index contributed by atoms with van der Waals surface area (Å²) < 4.78 is 13.4. The molecule has 1 saturated heterocycles. The van der Waals surface area contributed by atoms with E-state index in [2.05, 4.69) is 35.3 Å². The Morgan fingerprint density at radius 1 is 1.50 bits per heavy atom. The molecule has 20 heavy (non-hydrogen) atoms. The molecule has 1 unspecified atom stereocenters. The summed E-state index contributed by atoms with van der Waals surface area (Å²) in [6, 6.07) is 2.19. The molecule has 2 rings (SSSR count). The van der Waals surface area contributed by atoms with Crippen molar-refractivity contribution in [1.82, 2.24) is 9.88 Å². The molecule has 1 atom stereocenters. The van der Waals surface area contributed by atoms with E-state index in [1.165, 1.54) is 18.4 Å². The predicted octanol–water partition coefficient (Wildman–Crippen LogP) is 2.57. The van der Waals surface area contributed by atoms with Gasteiger partial charge in [-0.05, 0) is 43.9 Å². The molecule has 0 radical (unpaired) electrons. The first-order chi connectivity index (χ1) is 9.88. The minimum atomic E-state index is 0.348. The van der Waals surface area contributed by atoms with Crippen molar-refractivity contribution in [3.05, 3.63) is 24.0 Å². The summed E-state index contributed by atoms with van der Waals surface area (Å²) in [4.78, 5) is 0. The Morgan fingerprint density at radius 2 is 2.45 bits per heavy atom. The summed E-state index contributed by atoms with van der Waals surface area (Å²) in [5.74, 6) is 0. The van der Waals surface area contributed by atoms with Crippen LogP contribution in [-0.4, -0.2) is 37.0 Å². The zero-order chi connectivity index (χ0) is 14.0. The number of aromatic nitrogens is 1. The van der Waals surface area contributed by atoms with E-state index < -0.39 is 0 Å². The lowest BCUT2D eigenvalue weighted by Crippen LogP contribution is -2.18. The van der Waals surface area contributed by atoms with Crippen LogP contribution in [0.2, 0.25) is 0 Å². The average Bonchev–Trinajstić information content (AvgIpc) is 3.10. The Balaban J connectivity index is 1.44. The molecule has 0 amide bonds. The van der Waals surface area contributed by atoms with Gasteiger partial charge >= 0.3 is 0 Å². The van der Waals surface area contributed by atoms with Gasteiger partial charge in [0.05, 0.1) is 12.7 Å². The van der Waals surface area contributed by atoms with Crippen molar-refractivity contribution in [3.8, 4) is 0 Å². The molecule has 0 aliphatic carbocycles. The standard InChI is InChI=1S/C16H28N2O2/c1-2-8-18-9-6-15(13-18)12-17-7-4-10-19-14-16-5-3-11-20-16/h6,9,13,16-17H,2-5,7-8,10-12,14H2,1H3. The van der Waals surface area contributed by atoms with Gasteiger partial charge in [-0.3, -0.25) is 0 Å². The first-order valence-corrected chi connectivity index (χ1v) is 7.93. The second-order valence-electron chi connectivity index (χ2n) is 5.50. The summed E-state index contributed by atoms with van der Waals surface area (Å²) in [6.45, 7) is 7.76. The van der Waals surface area contributed by atoms with Crippen molar-refractivity contribution in [2.75, 3.05) is 26.4 Å². The van der Waals surface area contributed by atoms with Crippen LogP contribution in [0.4, 0.5) is 0 Å². The maximum absolute atomic E-state index is 5.64. The Morgan fingerprint density at radius 3 is 3.25 bits per heavy atom. The summed E-state index contributed by atoms with van der Waals surface area (Å²) in [7, 11) is 0. The van der Waals surface area contributed by atoms with E-state index in [1.54, 1.807) is 0 Å². The maximum atomic E-state index is 5.64. The lowest BCUT2D eigenvalue weighted by molar-refractivity contribution is 0.0166. The molecule has 0 bridgehead atoms. The highest BCUT2D eigenvalue weighted by atomic mass is 16.5. The topological polar surface area (TPSA) is 35.4 Å². The van der Waals surface area contributed by atoms with Gasteiger partial charge in [0.15, 0.2) is 0 Å². The Labute approximate surface area is 122 Å². The van der Waals surface area contributed by atoms with E-state index in [1.807, 2.05) is 0 Å². The number of aryl methyl sites for hydroxylation is 1. The molecule has 1 N–H and O–H groups in total. The van der Waals surface area contributed by atoms with Crippen LogP contribution in [-0.2, 0) is 22.6 Å². The number of rotatable bonds is 10. The lowest BCUT2D eigenvalue weighted by Gasteiger charge is -2.10. The van der Waals surface area contributed by atoms with Crippen LogP contribution in [0.25, 0.3) is 0 Å². The van der Waals surface area contributed by atoms with Gasteiger partial charge in [0, 0.05) is 38.7 Å². The molecule has 0 spiro atoms. The van der Waals surface area contributed by atoms with Crippen LogP contribution in [0, 0.1) is 0 Å². The van der Waals surface area contributed by atoms with Gasteiger partial charge in [-0.1, -0.05) is 6.92 Å². The Kier molecular flexibility index (Phi) is 7.12. The highest BCUT2D eigenvalue weighted by molar-refractivity contribution is 5.09. The first kappa shape index (κ1) is 15.5. The van der Waals surface area contributed by atoms with Crippen LogP contribution < -0.4 is 5.32 Å². The molecule has 1 fully saturated rings. The van der Waals surface area contributed by atoms with Crippen LogP contribution in [0.5, 0.6) is 0 Å². The van der Waals surface area contributed by atoms with E-state index in [0.717, 1.165) is 52.3 Å². The monoisotopic (exact) mass is 280 g/mol. The highest BCUT2D eigenvalue weighted by Crippen LogP contribution is 2.11. The number of hydrogen-bond acceptors (Lipinski definition) is 3. The number of ether oxygens (including phenoxy) is 2. The summed E-state index contributed by atoms with van der Waals surface area (Å²) in [6.07, 6.45) is 9.32. The van der Waals surface area contributed by atoms with Crippen LogP contribution in [0.15, 0.2) is 18.5 Å². The number of hydrogen-bond donors (Lipinski definition) is 1. The van der Waals surface area contributed by atoms with Crippen molar-refractivity contribution in [2.24, 2.45) is 0 Å². The fourth-order valence-electron chi connectivity index (χ4n) is 2.51. The SMILES string of the molecule is CCCn1ccc(CNCCCOCC2CCCO2)c1. The minimum absolute atomic E-state index is 0.348. The molecular formula is C16H28N2O2. The third kappa shape index (κ3) is 5.65. The zero-order valence-corrected chi connectivity index (χ0v) is 12.6. The van der Waals surface area contributed by atoms with Crippen molar-refractivity contribution in [2.45, 2.75) is 51.8 Å². The third-order valence-electron chi connectivity index (χ3n) is 3.59. The Bertz CT molecular complexity index is 359.